The van der Waals surface area contributed by atoms with Crippen molar-refractivity contribution >= 4 is 5.91 Å². The van der Waals surface area contributed by atoms with Crippen molar-refractivity contribution < 1.29 is 9.53 Å². The summed E-state index contributed by atoms with van der Waals surface area (Å²) in [5, 5.41) is 2.78. The normalized spacial score (nSPS) is 13.9. The maximum Gasteiger partial charge on any atom is 0.223 e. The first-order chi connectivity index (χ1) is 5.91. The van der Waals surface area contributed by atoms with Crippen LogP contribution in [-0.4, -0.2) is 31.2 Å². The molecule has 0 spiro atoms. The Morgan fingerprint density at radius 1 is 1.62 bits per heavy atom. The molecule has 0 aliphatic heterocycles. The minimum atomic E-state index is -0.404. The van der Waals surface area contributed by atoms with E-state index in [1.165, 1.54) is 0 Å². The molecule has 0 bridgehead atoms. The molecule has 0 heterocycles. The maximum absolute atomic E-state index is 11.3. The number of nitrogens with one attached hydrogen (secondary N) is 1. The van der Waals surface area contributed by atoms with Gasteiger partial charge in [-0.25, -0.2) is 0 Å². The molecule has 0 fully saturated rings. The van der Waals surface area contributed by atoms with Gasteiger partial charge in [0.2, 0.25) is 5.91 Å². The summed E-state index contributed by atoms with van der Waals surface area (Å²) in [6.07, 6.45) is 0.355. The van der Waals surface area contributed by atoms with Gasteiger partial charge in [0.25, 0.3) is 0 Å². The number of methoxy groups -OCH3 is 1. The van der Waals surface area contributed by atoms with E-state index < -0.39 is 5.60 Å². The van der Waals surface area contributed by atoms with E-state index in [0.717, 1.165) is 0 Å². The SMILES string of the molecule is COC(C)(C)CC(=O)N[C@H](C)CN. The van der Waals surface area contributed by atoms with Crippen LogP contribution in [0.15, 0.2) is 0 Å². The van der Waals surface area contributed by atoms with Gasteiger partial charge in [-0.05, 0) is 20.8 Å². The van der Waals surface area contributed by atoms with Crippen molar-refractivity contribution in [2.75, 3.05) is 13.7 Å². The summed E-state index contributed by atoms with van der Waals surface area (Å²) in [6.45, 7) is 6.08. The molecule has 4 nitrogen and oxygen atoms in total. The van der Waals surface area contributed by atoms with Gasteiger partial charge in [0.05, 0.1) is 12.0 Å². The highest BCUT2D eigenvalue weighted by atomic mass is 16.5. The van der Waals surface area contributed by atoms with Crippen molar-refractivity contribution in [1.29, 1.82) is 0 Å². The summed E-state index contributed by atoms with van der Waals surface area (Å²) >= 11 is 0. The zero-order valence-corrected chi connectivity index (χ0v) is 8.89. The molecule has 0 rings (SSSR count). The number of carbonyl (C=O) groups excluding carboxylic acids is 1. The van der Waals surface area contributed by atoms with E-state index in [0.29, 0.717) is 13.0 Å². The van der Waals surface area contributed by atoms with Gasteiger partial charge in [-0.1, -0.05) is 0 Å². The fourth-order valence-electron chi connectivity index (χ4n) is 0.844. The van der Waals surface area contributed by atoms with Gasteiger partial charge in [0, 0.05) is 19.7 Å². The van der Waals surface area contributed by atoms with Crippen LogP contribution in [0.1, 0.15) is 27.2 Å². The van der Waals surface area contributed by atoms with Gasteiger partial charge < -0.3 is 15.8 Å². The first-order valence-electron chi connectivity index (χ1n) is 4.46. The molecule has 4 heteroatoms. The average Bonchev–Trinajstić information content (AvgIpc) is 2.03. The van der Waals surface area contributed by atoms with E-state index in [2.05, 4.69) is 5.32 Å². The summed E-state index contributed by atoms with van der Waals surface area (Å²) in [7, 11) is 1.60. The third kappa shape index (κ3) is 5.60. The number of nitrogens with two attached hydrogens (primary N) is 1. The molecule has 0 unspecified atom stereocenters. The van der Waals surface area contributed by atoms with Crippen LogP contribution in [0.25, 0.3) is 0 Å². The Kier molecular flexibility index (Phi) is 4.95. The number of ether oxygens (including phenoxy) is 1. The second-order valence-electron chi connectivity index (χ2n) is 3.84. The molecule has 0 saturated heterocycles. The minimum Gasteiger partial charge on any atom is -0.378 e. The number of rotatable bonds is 5. The summed E-state index contributed by atoms with van der Waals surface area (Å²) < 4.78 is 5.13. The van der Waals surface area contributed by atoms with E-state index in [9.17, 15) is 4.79 Å². The van der Waals surface area contributed by atoms with Crippen LogP contribution >= 0.6 is 0 Å². The van der Waals surface area contributed by atoms with Gasteiger partial charge in [0.15, 0.2) is 0 Å². The summed E-state index contributed by atoms with van der Waals surface area (Å²) in [6, 6.07) is 0.0279. The van der Waals surface area contributed by atoms with Crippen molar-refractivity contribution in [3.05, 3.63) is 0 Å². The third-order valence-corrected chi connectivity index (χ3v) is 1.90. The standard InChI is InChI=1S/C9H20N2O2/c1-7(6-10)11-8(12)5-9(2,3)13-4/h7H,5-6,10H2,1-4H3,(H,11,12)/t7-/m1/s1. The van der Waals surface area contributed by atoms with Gasteiger partial charge in [-0.15, -0.1) is 0 Å². The molecule has 0 aliphatic rings. The van der Waals surface area contributed by atoms with Crippen molar-refractivity contribution in [3.8, 4) is 0 Å². The van der Waals surface area contributed by atoms with Crippen molar-refractivity contribution in [1.82, 2.24) is 5.32 Å². The molecule has 0 saturated carbocycles. The summed E-state index contributed by atoms with van der Waals surface area (Å²) in [4.78, 5) is 11.3. The van der Waals surface area contributed by atoms with Gasteiger partial charge >= 0.3 is 0 Å². The Morgan fingerprint density at radius 3 is 2.54 bits per heavy atom. The van der Waals surface area contributed by atoms with Crippen molar-refractivity contribution in [2.24, 2.45) is 5.73 Å². The topological polar surface area (TPSA) is 64.3 Å². The Labute approximate surface area is 79.8 Å². The van der Waals surface area contributed by atoms with Crippen LogP contribution in [-0.2, 0) is 9.53 Å². The molecule has 0 aromatic rings. The molecule has 0 aromatic carbocycles. The summed E-state index contributed by atoms with van der Waals surface area (Å²) in [5.41, 5.74) is 4.97. The maximum atomic E-state index is 11.3. The number of amides is 1. The molecule has 3 N–H and O–H groups in total. The molecule has 13 heavy (non-hydrogen) atoms. The summed E-state index contributed by atoms with van der Waals surface area (Å²) in [5.74, 6) is -0.0233. The van der Waals surface area contributed by atoms with E-state index >= 15 is 0 Å². The van der Waals surface area contributed by atoms with E-state index in [4.69, 9.17) is 10.5 Å². The predicted molar refractivity (Wildman–Crippen MR) is 52.4 cm³/mol. The van der Waals surface area contributed by atoms with Crippen LogP contribution in [0, 0.1) is 0 Å². The van der Waals surface area contributed by atoms with Gasteiger partial charge in [-0.3, -0.25) is 4.79 Å². The Bertz CT molecular complexity index is 169. The first-order valence-corrected chi connectivity index (χ1v) is 4.46. The lowest BCUT2D eigenvalue weighted by molar-refractivity contribution is -0.126. The van der Waals surface area contributed by atoms with Gasteiger partial charge in [-0.2, -0.15) is 0 Å². The van der Waals surface area contributed by atoms with Crippen LogP contribution in [0.3, 0.4) is 0 Å². The Morgan fingerprint density at radius 2 is 2.15 bits per heavy atom. The van der Waals surface area contributed by atoms with Crippen LogP contribution in [0.2, 0.25) is 0 Å². The average molecular weight is 188 g/mol. The molecule has 78 valence electrons. The number of hydrogen-bond acceptors (Lipinski definition) is 3. The fourth-order valence-corrected chi connectivity index (χ4v) is 0.844. The molecular formula is C9H20N2O2. The largest absolute Gasteiger partial charge is 0.378 e. The number of hydrogen-bond donors (Lipinski definition) is 2. The second-order valence-corrected chi connectivity index (χ2v) is 3.84. The van der Waals surface area contributed by atoms with E-state index in [-0.39, 0.29) is 11.9 Å². The van der Waals surface area contributed by atoms with Crippen LogP contribution in [0.5, 0.6) is 0 Å². The quantitative estimate of drug-likeness (QED) is 0.650. The molecule has 1 atom stereocenters. The van der Waals surface area contributed by atoms with Crippen LogP contribution < -0.4 is 11.1 Å². The predicted octanol–water partition coefficient (Wildman–Crippen LogP) is 0.265. The number of carbonyl (C=O) groups is 1. The van der Waals surface area contributed by atoms with E-state index in [1.54, 1.807) is 7.11 Å². The third-order valence-electron chi connectivity index (χ3n) is 1.90. The molecule has 0 radical (unpaired) electrons. The van der Waals surface area contributed by atoms with Crippen molar-refractivity contribution in [3.63, 3.8) is 0 Å². The lowest BCUT2D eigenvalue weighted by Crippen LogP contribution is -2.41. The zero-order chi connectivity index (χ0) is 10.5. The highest BCUT2D eigenvalue weighted by Gasteiger charge is 2.21. The lowest BCUT2D eigenvalue weighted by Gasteiger charge is -2.23. The Hall–Kier alpha value is -0.610. The zero-order valence-electron chi connectivity index (χ0n) is 8.89. The van der Waals surface area contributed by atoms with Crippen molar-refractivity contribution in [2.45, 2.75) is 38.8 Å². The molecule has 0 aliphatic carbocycles. The Balaban J connectivity index is 3.87. The first kappa shape index (κ1) is 12.4. The molecule has 0 aromatic heterocycles. The molecule has 1 amide bonds. The highest BCUT2D eigenvalue weighted by molar-refractivity contribution is 5.77. The van der Waals surface area contributed by atoms with Crippen LogP contribution in [0.4, 0.5) is 0 Å². The highest BCUT2D eigenvalue weighted by Crippen LogP contribution is 2.12. The van der Waals surface area contributed by atoms with E-state index in [1.807, 2.05) is 20.8 Å². The fraction of sp³-hybridized carbons (Fsp3) is 0.889. The monoisotopic (exact) mass is 188 g/mol. The smallest absolute Gasteiger partial charge is 0.223 e. The minimum absolute atomic E-state index is 0.0233. The molecular weight excluding hydrogens is 168 g/mol. The lowest BCUT2D eigenvalue weighted by atomic mass is 10.0. The van der Waals surface area contributed by atoms with Gasteiger partial charge in [0.1, 0.15) is 0 Å². The second kappa shape index (κ2) is 5.19.